The summed E-state index contributed by atoms with van der Waals surface area (Å²) in [6.45, 7) is 0. The van der Waals surface area contributed by atoms with Gasteiger partial charge in [-0.1, -0.05) is 0 Å². The lowest BCUT2D eigenvalue weighted by Gasteiger charge is -2.08. The molecule has 0 aliphatic rings. The van der Waals surface area contributed by atoms with Crippen LogP contribution in [-0.2, 0) is 7.05 Å². The molecule has 0 saturated carbocycles. The summed E-state index contributed by atoms with van der Waals surface area (Å²) in [5.41, 5.74) is 1.84. The molecule has 1 aromatic carbocycles. The van der Waals surface area contributed by atoms with Crippen LogP contribution in [0.15, 0.2) is 45.8 Å². The van der Waals surface area contributed by atoms with Gasteiger partial charge in [-0.05, 0) is 46.3 Å². The topological polar surface area (TPSA) is 63.6 Å². The molecular formula is C14H9BrN4O. The average Bonchev–Trinajstić information content (AvgIpc) is 2.71. The largest absolute Gasteiger partial charge is 0.276 e. The molecule has 0 fully saturated rings. The maximum atomic E-state index is 12.2. The molecule has 98 valence electrons. The molecule has 0 saturated heterocycles. The monoisotopic (exact) mass is 328 g/mol. The van der Waals surface area contributed by atoms with Crippen molar-refractivity contribution >= 4 is 27.0 Å². The molecule has 0 aliphatic heterocycles. The van der Waals surface area contributed by atoms with Crippen molar-refractivity contribution < 1.29 is 0 Å². The summed E-state index contributed by atoms with van der Waals surface area (Å²) in [6.07, 6.45) is 1.65. The van der Waals surface area contributed by atoms with Crippen LogP contribution < -0.4 is 5.56 Å². The fourth-order valence-electron chi connectivity index (χ4n) is 2.14. The Balaban J connectivity index is 2.33. The Hall–Kier alpha value is -2.39. The minimum absolute atomic E-state index is 0.113. The number of pyridine rings is 1. The average molecular weight is 329 g/mol. The van der Waals surface area contributed by atoms with Gasteiger partial charge < -0.3 is 0 Å². The second-order valence-electron chi connectivity index (χ2n) is 4.32. The lowest BCUT2D eigenvalue weighted by molar-refractivity contribution is 0.652. The van der Waals surface area contributed by atoms with E-state index in [4.69, 9.17) is 5.26 Å². The van der Waals surface area contributed by atoms with Crippen molar-refractivity contribution in [2.24, 2.45) is 7.05 Å². The van der Waals surface area contributed by atoms with Crippen molar-refractivity contribution in [1.29, 1.82) is 5.26 Å². The van der Waals surface area contributed by atoms with Gasteiger partial charge in [0.05, 0.1) is 22.7 Å². The number of hydrogen-bond acceptors (Lipinski definition) is 3. The lowest BCUT2D eigenvalue weighted by atomic mass is 10.2. The molecule has 20 heavy (non-hydrogen) atoms. The molecule has 0 radical (unpaired) electrons. The molecule has 6 heteroatoms. The molecule has 3 aromatic rings. The zero-order valence-corrected chi connectivity index (χ0v) is 12.1. The summed E-state index contributed by atoms with van der Waals surface area (Å²) in [5, 5.41) is 9.38. The minimum atomic E-state index is -0.113. The minimum Gasteiger partial charge on any atom is -0.267 e. The van der Waals surface area contributed by atoms with E-state index in [0.717, 1.165) is 10.2 Å². The number of fused-ring (bicyclic) bond motifs is 1. The number of nitrogens with zero attached hydrogens (tertiary/aromatic N) is 4. The summed E-state index contributed by atoms with van der Waals surface area (Å²) < 4.78 is 4.00. The molecule has 5 nitrogen and oxygen atoms in total. The van der Waals surface area contributed by atoms with Crippen LogP contribution in [0.3, 0.4) is 0 Å². The van der Waals surface area contributed by atoms with Gasteiger partial charge in [0.2, 0.25) is 0 Å². The maximum Gasteiger partial charge on any atom is 0.276 e. The number of halogens is 1. The van der Waals surface area contributed by atoms with Crippen molar-refractivity contribution in [1.82, 2.24) is 14.3 Å². The van der Waals surface area contributed by atoms with E-state index in [1.807, 2.05) is 0 Å². The van der Waals surface area contributed by atoms with Crippen LogP contribution in [-0.4, -0.2) is 14.3 Å². The zero-order valence-electron chi connectivity index (χ0n) is 10.5. The van der Waals surface area contributed by atoms with Gasteiger partial charge >= 0.3 is 0 Å². The Morgan fingerprint density at radius 3 is 2.65 bits per heavy atom. The zero-order chi connectivity index (χ0) is 14.3. The quantitative estimate of drug-likeness (QED) is 0.688. The molecule has 0 amide bonds. The van der Waals surface area contributed by atoms with E-state index >= 15 is 0 Å². The van der Waals surface area contributed by atoms with Crippen molar-refractivity contribution in [2.75, 3.05) is 0 Å². The number of aromatic nitrogens is 3. The van der Waals surface area contributed by atoms with E-state index in [0.29, 0.717) is 16.6 Å². The first-order valence-corrected chi connectivity index (χ1v) is 6.65. The van der Waals surface area contributed by atoms with Crippen molar-refractivity contribution in [3.05, 3.63) is 56.9 Å². The van der Waals surface area contributed by atoms with Crippen molar-refractivity contribution in [3.8, 4) is 11.8 Å². The van der Waals surface area contributed by atoms with Crippen molar-refractivity contribution in [3.63, 3.8) is 0 Å². The van der Waals surface area contributed by atoms with Crippen LogP contribution in [0.5, 0.6) is 0 Å². The van der Waals surface area contributed by atoms with E-state index in [1.165, 1.54) is 4.68 Å². The highest BCUT2D eigenvalue weighted by Gasteiger charge is 2.13. The molecular weight excluding hydrogens is 320 g/mol. The molecule has 0 unspecified atom stereocenters. The summed E-state index contributed by atoms with van der Waals surface area (Å²) in [5.74, 6) is 0. The van der Waals surface area contributed by atoms with Crippen LogP contribution in [0.2, 0.25) is 0 Å². The molecule has 2 heterocycles. The maximum absolute atomic E-state index is 12.2. The van der Waals surface area contributed by atoms with E-state index in [1.54, 1.807) is 48.3 Å². The van der Waals surface area contributed by atoms with E-state index in [2.05, 4.69) is 27.0 Å². The molecule has 2 aromatic heterocycles. The third kappa shape index (κ3) is 1.84. The van der Waals surface area contributed by atoms with Crippen LogP contribution in [0.1, 0.15) is 5.56 Å². The number of benzene rings is 1. The third-order valence-corrected chi connectivity index (χ3v) is 3.53. The predicted octanol–water partition coefficient (Wildman–Crippen LogP) is 2.36. The highest BCUT2D eigenvalue weighted by molar-refractivity contribution is 9.10. The summed E-state index contributed by atoms with van der Waals surface area (Å²) in [6, 6.07) is 10.8. The van der Waals surface area contributed by atoms with Gasteiger partial charge in [0.1, 0.15) is 0 Å². The van der Waals surface area contributed by atoms with Gasteiger partial charge in [-0.2, -0.15) is 5.26 Å². The van der Waals surface area contributed by atoms with Gasteiger partial charge in [0.25, 0.3) is 5.56 Å². The van der Waals surface area contributed by atoms with Crippen LogP contribution in [0, 0.1) is 11.3 Å². The smallest absolute Gasteiger partial charge is 0.267 e. The van der Waals surface area contributed by atoms with Crippen molar-refractivity contribution in [2.45, 2.75) is 0 Å². The Kier molecular flexibility index (Phi) is 2.92. The van der Waals surface area contributed by atoms with E-state index in [-0.39, 0.29) is 5.56 Å². The first-order valence-electron chi connectivity index (χ1n) is 5.85. The van der Waals surface area contributed by atoms with Gasteiger partial charge in [-0.25, -0.2) is 14.3 Å². The number of rotatable bonds is 1. The van der Waals surface area contributed by atoms with Crippen LogP contribution in [0.25, 0.3) is 16.7 Å². The molecule has 0 bridgehead atoms. The molecule has 0 spiro atoms. The Bertz CT molecular complexity index is 900. The molecule has 0 N–H and O–H groups in total. The summed E-state index contributed by atoms with van der Waals surface area (Å²) >= 11 is 3.32. The van der Waals surface area contributed by atoms with Crippen LogP contribution in [0.4, 0.5) is 0 Å². The molecule has 0 atom stereocenters. The SMILES string of the molecule is Cn1c(=O)c2cc(Br)cnc2n1-c1ccc(C#N)cc1. The summed E-state index contributed by atoms with van der Waals surface area (Å²) in [4.78, 5) is 16.5. The predicted molar refractivity (Wildman–Crippen MR) is 78.7 cm³/mol. The molecule has 3 rings (SSSR count). The van der Waals surface area contributed by atoms with E-state index in [9.17, 15) is 4.79 Å². The fourth-order valence-corrected chi connectivity index (χ4v) is 2.47. The normalized spacial score (nSPS) is 10.7. The van der Waals surface area contributed by atoms with Crippen LogP contribution >= 0.6 is 15.9 Å². The fraction of sp³-hybridized carbons (Fsp3) is 0.0714. The van der Waals surface area contributed by atoms with Gasteiger partial charge in [-0.3, -0.25) is 4.79 Å². The second kappa shape index (κ2) is 4.62. The number of nitriles is 1. The van der Waals surface area contributed by atoms with E-state index < -0.39 is 0 Å². The standard InChI is InChI=1S/C14H9BrN4O/c1-18-14(20)12-6-10(15)8-17-13(12)19(18)11-4-2-9(7-16)3-5-11/h2-6,8H,1H3. The van der Waals surface area contributed by atoms with Gasteiger partial charge in [0.15, 0.2) is 5.65 Å². The molecule has 0 aliphatic carbocycles. The Morgan fingerprint density at radius 1 is 1.30 bits per heavy atom. The number of hydrogen-bond donors (Lipinski definition) is 0. The Morgan fingerprint density at radius 2 is 2.00 bits per heavy atom. The second-order valence-corrected chi connectivity index (χ2v) is 5.24. The highest BCUT2D eigenvalue weighted by Crippen LogP contribution is 2.18. The lowest BCUT2D eigenvalue weighted by Crippen LogP contribution is -2.18. The third-order valence-electron chi connectivity index (χ3n) is 3.10. The highest BCUT2D eigenvalue weighted by atomic mass is 79.9. The first kappa shape index (κ1) is 12.6. The Labute approximate surface area is 122 Å². The summed E-state index contributed by atoms with van der Waals surface area (Å²) in [7, 11) is 1.69. The van der Waals surface area contributed by atoms with Gasteiger partial charge in [-0.15, -0.1) is 0 Å². The van der Waals surface area contributed by atoms with Gasteiger partial charge in [0, 0.05) is 17.7 Å². The first-order chi connectivity index (χ1) is 9.61.